The first-order valence-electron chi connectivity index (χ1n) is 5.65. The molecule has 1 aliphatic rings. The van der Waals surface area contributed by atoms with Crippen molar-refractivity contribution in [2.24, 2.45) is 0 Å². The van der Waals surface area contributed by atoms with E-state index in [-0.39, 0.29) is 0 Å². The lowest BCUT2D eigenvalue weighted by Gasteiger charge is -2.18. The molecule has 2 unspecified atom stereocenters. The van der Waals surface area contributed by atoms with Crippen molar-refractivity contribution in [3.63, 3.8) is 0 Å². The molecule has 0 aromatic carbocycles. The molecular formula is C12H23NO. The molecule has 0 aliphatic carbocycles. The topological polar surface area (TPSA) is 21.3 Å². The predicted molar refractivity (Wildman–Crippen MR) is 60.5 cm³/mol. The quantitative estimate of drug-likeness (QED) is 0.661. The number of rotatable bonds is 6. The van der Waals surface area contributed by atoms with Gasteiger partial charge in [-0.15, -0.1) is 6.58 Å². The van der Waals surface area contributed by atoms with E-state index in [9.17, 15) is 0 Å². The third-order valence-electron chi connectivity index (χ3n) is 2.86. The summed E-state index contributed by atoms with van der Waals surface area (Å²) in [6, 6.07) is 0.580. The molecule has 2 heteroatoms. The van der Waals surface area contributed by atoms with E-state index in [0.717, 1.165) is 13.0 Å². The summed E-state index contributed by atoms with van der Waals surface area (Å²) < 4.78 is 5.60. The molecule has 0 radical (unpaired) electrons. The second kappa shape index (κ2) is 6.20. The highest BCUT2D eigenvalue weighted by Crippen LogP contribution is 2.19. The predicted octanol–water partition coefficient (Wildman–Crippen LogP) is 2.50. The van der Waals surface area contributed by atoms with E-state index in [2.05, 4.69) is 18.8 Å². The van der Waals surface area contributed by atoms with Crippen molar-refractivity contribution in [2.45, 2.75) is 51.2 Å². The van der Waals surface area contributed by atoms with Gasteiger partial charge < -0.3 is 10.1 Å². The van der Waals surface area contributed by atoms with Gasteiger partial charge in [0.15, 0.2) is 0 Å². The fourth-order valence-corrected chi connectivity index (χ4v) is 2.03. The summed E-state index contributed by atoms with van der Waals surface area (Å²) in [5.41, 5.74) is 1.26. The van der Waals surface area contributed by atoms with Crippen LogP contribution in [-0.4, -0.2) is 25.8 Å². The van der Waals surface area contributed by atoms with Crippen molar-refractivity contribution in [3.05, 3.63) is 12.2 Å². The van der Waals surface area contributed by atoms with Gasteiger partial charge in [0, 0.05) is 12.6 Å². The molecule has 1 heterocycles. The van der Waals surface area contributed by atoms with Gasteiger partial charge >= 0.3 is 0 Å². The standard InChI is InChI=1S/C12H23NO/c1-10(2)9-11(13-3)6-7-12-5-4-8-14-12/h11-13H,1,4-9H2,2-3H3. The van der Waals surface area contributed by atoms with Gasteiger partial charge in [0.2, 0.25) is 0 Å². The Labute approximate surface area is 87.7 Å². The fourth-order valence-electron chi connectivity index (χ4n) is 2.03. The van der Waals surface area contributed by atoms with E-state index < -0.39 is 0 Å². The zero-order valence-electron chi connectivity index (χ0n) is 9.51. The lowest BCUT2D eigenvalue weighted by Crippen LogP contribution is -2.26. The van der Waals surface area contributed by atoms with E-state index in [1.54, 1.807) is 0 Å². The highest BCUT2D eigenvalue weighted by Gasteiger charge is 2.17. The van der Waals surface area contributed by atoms with Gasteiger partial charge in [0.25, 0.3) is 0 Å². The van der Waals surface area contributed by atoms with Gasteiger partial charge in [-0.2, -0.15) is 0 Å². The van der Waals surface area contributed by atoms with Crippen molar-refractivity contribution in [2.75, 3.05) is 13.7 Å². The molecule has 2 nitrogen and oxygen atoms in total. The van der Waals surface area contributed by atoms with Crippen LogP contribution in [0.15, 0.2) is 12.2 Å². The summed E-state index contributed by atoms with van der Waals surface area (Å²) >= 11 is 0. The van der Waals surface area contributed by atoms with Gasteiger partial charge in [-0.25, -0.2) is 0 Å². The van der Waals surface area contributed by atoms with Crippen LogP contribution in [0.5, 0.6) is 0 Å². The van der Waals surface area contributed by atoms with E-state index in [4.69, 9.17) is 4.74 Å². The minimum Gasteiger partial charge on any atom is -0.378 e. The Balaban J connectivity index is 2.15. The molecule has 0 amide bonds. The number of hydrogen-bond acceptors (Lipinski definition) is 2. The lowest BCUT2D eigenvalue weighted by atomic mass is 10.0. The van der Waals surface area contributed by atoms with Crippen LogP contribution in [-0.2, 0) is 4.74 Å². The van der Waals surface area contributed by atoms with Crippen LogP contribution in [0.4, 0.5) is 0 Å². The maximum atomic E-state index is 5.60. The summed E-state index contributed by atoms with van der Waals surface area (Å²) in [5, 5.41) is 3.34. The first kappa shape index (κ1) is 11.7. The number of ether oxygens (including phenoxy) is 1. The molecule has 0 saturated carbocycles. The third-order valence-corrected chi connectivity index (χ3v) is 2.86. The first-order chi connectivity index (χ1) is 6.72. The monoisotopic (exact) mass is 197 g/mol. The number of hydrogen-bond donors (Lipinski definition) is 1. The van der Waals surface area contributed by atoms with Crippen molar-refractivity contribution in [1.29, 1.82) is 0 Å². The summed E-state index contributed by atoms with van der Waals surface area (Å²) in [6.45, 7) is 7.01. The molecule has 1 saturated heterocycles. The summed E-state index contributed by atoms with van der Waals surface area (Å²) in [6.07, 6.45) is 6.51. The highest BCUT2D eigenvalue weighted by atomic mass is 16.5. The number of nitrogens with one attached hydrogen (secondary N) is 1. The Kier molecular flexibility index (Phi) is 5.20. The van der Waals surface area contributed by atoms with Gasteiger partial charge in [-0.1, -0.05) is 5.57 Å². The Hall–Kier alpha value is -0.340. The zero-order chi connectivity index (χ0) is 10.4. The molecule has 0 aromatic rings. The molecule has 1 aliphatic heterocycles. The van der Waals surface area contributed by atoms with Crippen LogP contribution in [0.2, 0.25) is 0 Å². The maximum Gasteiger partial charge on any atom is 0.0576 e. The zero-order valence-corrected chi connectivity index (χ0v) is 9.51. The first-order valence-corrected chi connectivity index (χ1v) is 5.65. The van der Waals surface area contributed by atoms with Gasteiger partial charge in [0.1, 0.15) is 0 Å². The molecule has 0 bridgehead atoms. The SMILES string of the molecule is C=C(C)CC(CCC1CCCO1)NC. The lowest BCUT2D eigenvalue weighted by molar-refractivity contribution is 0.0998. The molecule has 1 fully saturated rings. The normalized spacial score (nSPS) is 23.7. The molecule has 1 rings (SSSR count). The Bertz CT molecular complexity index is 173. The van der Waals surface area contributed by atoms with Crippen molar-refractivity contribution >= 4 is 0 Å². The summed E-state index contributed by atoms with van der Waals surface area (Å²) in [5.74, 6) is 0. The molecule has 2 atom stereocenters. The van der Waals surface area contributed by atoms with Gasteiger partial charge in [-0.05, 0) is 46.1 Å². The third kappa shape index (κ3) is 4.25. The van der Waals surface area contributed by atoms with Gasteiger partial charge in [-0.3, -0.25) is 0 Å². The van der Waals surface area contributed by atoms with Crippen LogP contribution < -0.4 is 5.32 Å². The second-order valence-corrected chi connectivity index (χ2v) is 4.36. The Morgan fingerprint density at radius 3 is 2.93 bits per heavy atom. The molecular weight excluding hydrogens is 174 g/mol. The average Bonchev–Trinajstić information content (AvgIpc) is 2.64. The summed E-state index contributed by atoms with van der Waals surface area (Å²) in [7, 11) is 2.03. The van der Waals surface area contributed by atoms with Crippen LogP contribution in [0.3, 0.4) is 0 Å². The second-order valence-electron chi connectivity index (χ2n) is 4.36. The largest absolute Gasteiger partial charge is 0.378 e. The molecule has 82 valence electrons. The molecule has 0 spiro atoms. The van der Waals surface area contributed by atoms with Crippen molar-refractivity contribution in [1.82, 2.24) is 5.32 Å². The Morgan fingerprint density at radius 2 is 2.43 bits per heavy atom. The van der Waals surface area contributed by atoms with Gasteiger partial charge in [0.05, 0.1) is 6.10 Å². The highest BCUT2D eigenvalue weighted by molar-refractivity contribution is 4.92. The van der Waals surface area contributed by atoms with Crippen LogP contribution in [0.25, 0.3) is 0 Å². The minimum atomic E-state index is 0.524. The van der Waals surface area contributed by atoms with Crippen molar-refractivity contribution < 1.29 is 4.74 Å². The molecule has 14 heavy (non-hydrogen) atoms. The van der Waals surface area contributed by atoms with Crippen LogP contribution >= 0.6 is 0 Å². The van der Waals surface area contributed by atoms with E-state index in [0.29, 0.717) is 12.1 Å². The maximum absolute atomic E-state index is 5.60. The molecule has 0 aromatic heterocycles. The molecule has 1 N–H and O–H groups in total. The van der Waals surface area contributed by atoms with Crippen LogP contribution in [0, 0.1) is 0 Å². The van der Waals surface area contributed by atoms with Crippen LogP contribution in [0.1, 0.15) is 39.0 Å². The van der Waals surface area contributed by atoms with E-state index in [1.807, 2.05) is 7.05 Å². The minimum absolute atomic E-state index is 0.524. The Morgan fingerprint density at radius 1 is 1.64 bits per heavy atom. The fraction of sp³-hybridized carbons (Fsp3) is 0.833. The summed E-state index contributed by atoms with van der Waals surface area (Å²) in [4.78, 5) is 0. The smallest absolute Gasteiger partial charge is 0.0576 e. The van der Waals surface area contributed by atoms with E-state index >= 15 is 0 Å². The average molecular weight is 197 g/mol. The van der Waals surface area contributed by atoms with E-state index in [1.165, 1.54) is 31.3 Å². The van der Waals surface area contributed by atoms with Crippen molar-refractivity contribution in [3.8, 4) is 0 Å².